The van der Waals surface area contributed by atoms with Gasteiger partial charge in [-0.15, -0.1) is 0 Å². The molecule has 1 fully saturated rings. The zero-order chi connectivity index (χ0) is 12.0. The van der Waals surface area contributed by atoms with Crippen LogP contribution in [-0.4, -0.2) is 36.6 Å². The van der Waals surface area contributed by atoms with Crippen molar-refractivity contribution in [3.63, 3.8) is 0 Å². The lowest BCUT2D eigenvalue weighted by Crippen LogP contribution is -2.48. The number of likely N-dealkylation sites (tertiary alicyclic amines) is 1. The van der Waals surface area contributed by atoms with E-state index in [9.17, 15) is 4.79 Å². The molecule has 0 radical (unpaired) electrons. The van der Waals surface area contributed by atoms with E-state index >= 15 is 0 Å². The fourth-order valence-corrected chi connectivity index (χ4v) is 2.06. The number of piperidine rings is 1. The number of nitrogens with two attached hydrogens (primary N) is 1. The summed E-state index contributed by atoms with van der Waals surface area (Å²) in [6.07, 6.45) is 4.07. The van der Waals surface area contributed by atoms with Crippen molar-refractivity contribution in [2.24, 2.45) is 11.7 Å². The molecule has 0 aromatic heterocycles. The monoisotopic (exact) mass is 227 g/mol. The maximum atomic E-state index is 11.9. The third kappa shape index (κ3) is 4.00. The number of rotatable bonds is 4. The molecule has 0 aromatic carbocycles. The van der Waals surface area contributed by atoms with Crippen LogP contribution in [0.3, 0.4) is 0 Å². The average molecular weight is 227 g/mol. The van der Waals surface area contributed by atoms with Crippen LogP contribution in [0.5, 0.6) is 0 Å². The van der Waals surface area contributed by atoms with Crippen molar-refractivity contribution in [3.8, 4) is 0 Å². The molecule has 2 amide bonds. The minimum Gasteiger partial charge on any atom is -0.335 e. The number of nitrogens with zero attached hydrogens (tertiary/aromatic N) is 1. The summed E-state index contributed by atoms with van der Waals surface area (Å²) < 4.78 is 0. The average Bonchev–Trinajstić information content (AvgIpc) is 2.29. The van der Waals surface area contributed by atoms with Crippen LogP contribution in [0.1, 0.15) is 39.5 Å². The zero-order valence-electron chi connectivity index (χ0n) is 10.5. The third-order valence-electron chi connectivity index (χ3n) is 3.41. The van der Waals surface area contributed by atoms with Crippen molar-refractivity contribution in [3.05, 3.63) is 0 Å². The summed E-state index contributed by atoms with van der Waals surface area (Å²) in [4.78, 5) is 13.9. The fourth-order valence-electron chi connectivity index (χ4n) is 2.06. The number of amides is 2. The highest BCUT2D eigenvalue weighted by molar-refractivity contribution is 5.74. The molecule has 4 nitrogen and oxygen atoms in total. The predicted molar refractivity (Wildman–Crippen MR) is 66.3 cm³/mol. The van der Waals surface area contributed by atoms with Gasteiger partial charge >= 0.3 is 6.03 Å². The molecule has 94 valence electrons. The molecule has 1 aliphatic rings. The number of carbonyl (C=O) groups is 1. The lowest BCUT2D eigenvalue weighted by Gasteiger charge is -2.31. The molecule has 1 unspecified atom stereocenters. The Balaban J connectivity index is 2.33. The van der Waals surface area contributed by atoms with Crippen LogP contribution in [-0.2, 0) is 0 Å². The molecule has 0 saturated carbocycles. The smallest absolute Gasteiger partial charge is 0.317 e. The van der Waals surface area contributed by atoms with E-state index in [1.165, 1.54) is 0 Å². The molecular weight excluding hydrogens is 202 g/mol. The van der Waals surface area contributed by atoms with Crippen molar-refractivity contribution in [1.29, 1.82) is 0 Å². The Bertz CT molecular complexity index is 212. The molecule has 1 heterocycles. The van der Waals surface area contributed by atoms with Crippen molar-refractivity contribution < 1.29 is 4.79 Å². The SMILES string of the molecule is CCC(CCN)NC(=O)N1CCC(C)CC1. The molecule has 4 heteroatoms. The fraction of sp³-hybridized carbons (Fsp3) is 0.917. The molecule has 0 bridgehead atoms. The molecule has 1 atom stereocenters. The second kappa shape index (κ2) is 6.74. The van der Waals surface area contributed by atoms with Gasteiger partial charge in [0, 0.05) is 19.1 Å². The van der Waals surface area contributed by atoms with Gasteiger partial charge in [-0.05, 0) is 38.1 Å². The van der Waals surface area contributed by atoms with Gasteiger partial charge in [0.2, 0.25) is 0 Å². The van der Waals surface area contributed by atoms with Gasteiger partial charge in [-0.25, -0.2) is 4.79 Å². The largest absolute Gasteiger partial charge is 0.335 e. The maximum absolute atomic E-state index is 11.9. The van der Waals surface area contributed by atoms with E-state index in [-0.39, 0.29) is 12.1 Å². The Kier molecular flexibility index (Phi) is 5.60. The first-order chi connectivity index (χ1) is 7.67. The zero-order valence-corrected chi connectivity index (χ0v) is 10.5. The van der Waals surface area contributed by atoms with Gasteiger partial charge in [0.05, 0.1) is 0 Å². The second-order valence-corrected chi connectivity index (χ2v) is 4.80. The Morgan fingerprint density at radius 1 is 1.50 bits per heavy atom. The van der Waals surface area contributed by atoms with E-state index in [0.29, 0.717) is 6.54 Å². The first-order valence-electron chi connectivity index (χ1n) is 6.42. The van der Waals surface area contributed by atoms with Gasteiger partial charge in [0.15, 0.2) is 0 Å². The molecule has 1 aliphatic heterocycles. The van der Waals surface area contributed by atoms with Crippen LogP contribution in [0.15, 0.2) is 0 Å². The highest BCUT2D eigenvalue weighted by Gasteiger charge is 2.21. The van der Waals surface area contributed by atoms with Crippen LogP contribution in [0.4, 0.5) is 4.79 Å². The van der Waals surface area contributed by atoms with E-state index in [1.54, 1.807) is 0 Å². The standard InChI is InChI=1S/C12H25N3O/c1-3-11(4-7-13)14-12(16)15-8-5-10(2)6-9-15/h10-11H,3-9,13H2,1-2H3,(H,14,16). The quantitative estimate of drug-likeness (QED) is 0.765. The summed E-state index contributed by atoms with van der Waals surface area (Å²) in [7, 11) is 0. The Morgan fingerprint density at radius 2 is 2.12 bits per heavy atom. The summed E-state index contributed by atoms with van der Waals surface area (Å²) in [5.41, 5.74) is 5.51. The number of carbonyl (C=O) groups excluding carboxylic acids is 1. The van der Waals surface area contributed by atoms with Gasteiger partial charge < -0.3 is 16.0 Å². The van der Waals surface area contributed by atoms with Gasteiger partial charge in [-0.3, -0.25) is 0 Å². The molecule has 0 spiro atoms. The summed E-state index contributed by atoms with van der Waals surface area (Å²) in [6, 6.07) is 0.323. The second-order valence-electron chi connectivity index (χ2n) is 4.80. The Labute approximate surface area is 98.6 Å². The maximum Gasteiger partial charge on any atom is 0.317 e. The highest BCUT2D eigenvalue weighted by Crippen LogP contribution is 2.16. The van der Waals surface area contributed by atoms with E-state index in [1.807, 2.05) is 4.90 Å². The van der Waals surface area contributed by atoms with Crippen LogP contribution >= 0.6 is 0 Å². The van der Waals surface area contributed by atoms with Crippen molar-refractivity contribution in [1.82, 2.24) is 10.2 Å². The molecule has 0 aromatic rings. The van der Waals surface area contributed by atoms with Gasteiger partial charge in [0.25, 0.3) is 0 Å². The topological polar surface area (TPSA) is 58.4 Å². The molecule has 1 rings (SSSR count). The predicted octanol–water partition coefficient (Wildman–Crippen LogP) is 1.56. The third-order valence-corrected chi connectivity index (χ3v) is 3.41. The lowest BCUT2D eigenvalue weighted by molar-refractivity contribution is 0.169. The van der Waals surface area contributed by atoms with E-state index in [2.05, 4.69) is 19.2 Å². The lowest BCUT2D eigenvalue weighted by atomic mass is 9.99. The van der Waals surface area contributed by atoms with Crippen LogP contribution in [0, 0.1) is 5.92 Å². The van der Waals surface area contributed by atoms with Crippen molar-refractivity contribution >= 4 is 6.03 Å². The summed E-state index contributed by atoms with van der Waals surface area (Å²) >= 11 is 0. The van der Waals surface area contributed by atoms with Crippen molar-refractivity contribution in [2.45, 2.75) is 45.6 Å². The summed E-state index contributed by atoms with van der Waals surface area (Å²) in [6.45, 7) is 6.76. The molecule has 3 N–H and O–H groups in total. The number of hydrogen-bond acceptors (Lipinski definition) is 2. The Morgan fingerprint density at radius 3 is 2.62 bits per heavy atom. The first kappa shape index (κ1) is 13.3. The Hall–Kier alpha value is -0.770. The molecule has 1 saturated heterocycles. The first-order valence-corrected chi connectivity index (χ1v) is 6.42. The molecule has 16 heavy (non-hydrogen) atoms. The van der Waals surface area contributed by atoms with Crippen LogP contribution in [0.2, 0.25) is 0 Å². The molecule has 0 aliphatic carbocycles. The van der Waals surface area contributed by atoms with Gasteiger partial charge in [-0.1, -0.05) is 13.8 Å². The number of nitrogens with one attached hydrogen (secondary N) is 1. The number of urea groups is 1. The van der Waals surface area contributed by atoms with Crippen molar-refractivity contribution in [2.75, 3.05) is 19.6 Å². The highest BCUT2D eigenvalue weighted by atomic mass is 16.2. The summed E-state index contributed by atoms with van der Waals surface area (Å²) in [5.74, 6) is 0.759. The summed E-state index contributed by atoms with van der Waals surface area (Å²) in [5, 5.41) is 3.06. The minimum atomic E-state index is 0.0900. The van der Waals surface area contributed by atoms with E-state index in [0.717, 1.165) is 44.7 Å². The van der Waals surface area contributed by atoms with Gasteiger partial charge in [0.1, 0.15) is 0 Å². The number of hydrogen-bond donors (Lipinski definition) is 2. The normalized spacial score (nSPS) is 19.6. The van der Waals surface area contributed by atoms with E-state index in [4.69, 9.17) is 5.73 Å². The van der Waals surface area contributed by atoms with Crippen LogP contribution in [0.25, 0.3) is 0 Å². The van der Waals surface area contributed by atoms with Gasteiger partial charge in [-0.2, -0.15) is 0 Å². The van der Waals surface area contributed by atoms with Crippen LogP contribution < -0.4 is 11.1 Å². The molecular formula is C12H25N3O. The minimum absolute atomic E-state index is 0.0900. The van der Waals surface area contributed by atoms with E-state index < -0.39 is 0 Å².